The third-order valence-corrected chi connectivity index (χ3v) is 3.56. The fourth-order valence-electron chi connectivity index (χ4n) is 2.49. The molecule has 2 heterocycles. The number of hydrogen-bond donors (Lipinski definition) is 1. The molecule has 5 nitrogen and oxygen atoms in total. The Bertz CT molecular complexity index is 478. The first-order valence-corrected chi connectivity index (χ1v) is 6.63. The zero-order valence-electron chi connectivity index (χ0n) is 11.0. The lowest BCUT2D eigenvalue weighted by Gasteiger charge is -2.37. The Labute approximate surface area is 112 Å². The van der Waals surface area contributed by atoms with Crippen LogP contribution in [0.15, 0.2) is 24.3 Å². The summed E-state index contributed by atoms with van der Waals surface area (Å²) in [5.41, 5.74) is 0.946. The number of ether oxygens (including phenoxy) is 2. The van der Waals surface area contributed by atoms with Crippen LogP contribution in [0.3, 0.4) is 0 Å². The summed E-state index contributed by atoms with van der Waals surface area (Å²) in [6.45, 7) is 4.36. The van der Waals surface area contributed by atoms with Gasteiger partial charge in [0, 0.05) is 6.54 Å². The van der Waals surface area contributed by atoms with Gasteiger partial charge in [-0.2, -0.15) is 0 Å². The number of anilines is 1. The largest absolute Gasteiger partial charge is 0.477 e. The Morgan fingerprint density at radius 1 is 1.42 bits per heavy atom. The summed E-state index contributed by atoms with van der Waals surface area (Å²) in [4.78, 5) is 14.3. The van der Waals surface area contributed by atoms with Crippen molar-refractivity contribution in [2.24, 2.45) is 0 Å². The van der Waals surface area contributed by atoms with Gasteiger partial charge in [-0.3, -0.25) is 4.79 Å². The van der Waals surface area contributed by atoms with E-state index >= 15 is 0 Å². The molecule has 2 aliphatic rings. The Kier molecular flexibility index (Phi) is 3.29. The van der Waals surface area contributed by atoms with Crippen molar-refractivity contribution in [1.29, 1.82) is 0 Å². The molecule has 2 aliphatic heterocycles. The molecule has 19 heavy (non-hydrogen) atoms. The monoisotopic (exact) mass is 262 g/mol. The minimum absolute atomic E-state index is 0.0396. The molecule has 1 N–H and O–H groups in total. The number of fused-ring (bicyclic) bond motifs is 1. The molecule has 0 spiro atoms. The van der Waals surface area contributed by atoms with Crippen molar-refractivity contribution in [2.45, 2.75) is 19.1 Å². The fraction of sp³-hybridized carbons (Fsp3) is 0.500. The summed E-state index contributed by atoms with van der Waals surface area (Å²) >= 11 is 0. The number of benzene rings is 1. The average Bonchev–Trinajstić information content (AvgIpc) is 2.46. The van der Waals surface area contributed by atoms with E-state index in [4.69, 9.17) is 9.47 Å². The lowest BCUT2D eigenvalue weighted by Crippen LogP contribution is -2.54. The van der Waals surface area contributed by atoms with Gasteiger partial charge in [0.1, 0.15) is 5.75 Å². The molecule has 1 amide bonds. The van der Waals surface area contributed by atoms with Gasteiger partial charge < -0.3 is 19.7 Å². The zero-order chi connectivity index (χ0) is 13.2. The summed E-state index contributed by atoms with van der Waals surface area (Å²) in [5, 5.41) is 3.24. The molecule has 1 saturated heterocycles. The predicted molar refractivity (Wildman–Crippen MR) is 71.3 cm³/mol. The van der Waals surface area contributed by atoms with Crippen LogP contribution in [0.2, 0.25) is 0 Å². The molecule has 0 saturated carbocycles. The van der Waals surface area contributed by atoms with Crippen LogP contribution in [-0.4, -0.2) is 49.3 Å². The van der Waals surface area contributed by atoms with E-state index in [2.05, 4.69) is 5.32 Å². The minimum Gasteiger partial charge on any atom is -0.477 e. The van der Waals surface area contributed by atoms with E-state index in [1.165, 1.54) is 0 Å². The standard InChI is InChI=1S/C14H18N2O3/c1-10-9-18-7-6-16(10)14(17)13-8-15-11-4-2-3-5-12(11)19-13/h2-5,10,13,15H,6-9H2,1H3. The number of rotatable bonds is 1. The Morgan fingerprint density at radius 3 is 3.11 bits per heavy atom. The summed E-state index contributed by atoms with van der Waals surface area (Å²) in [6, 6.07) is 7.80. The highest BCUT2D eigenvalue weighted by molar-refractivity contribution is 5.83. The fourth-order valence-corrected chi connectivity index (χ4v) is 2.49. The number of nitrogens with zero attached hydrogens (tertiary/aromatic N) is 1. The minimum atomic E-state index is -0.449. The average molecular weight is 262 g/mol. The Morgan fingerprint density at radius 2 is 2.26 bits per heavy atom. The number of para-hydroxylation sites is 2. The number of nitrogens with one attached hydrogen (secondary N) is 1. The third kappa shape index (κ3) is 2.38. The predicted octanol–water partition coefficient (Wildman–Crippen LogP) is 1.11. The van der Waals surface area contributed by atoms with Crippen LogP contribution in [0.4, 0.5) is 5.69 Å². The van der Waals surface area contributed by atoms with E-state index < -0.39 is 6.10 Å². The molecule has 2 unspecified atom stereocenters. The maximum absolute atomic E-state index is 12.5. The van der Waals surface area contributed by atoms with Gasteiger partial charge in [-0.1, -0.05) is 12.1 Å². The maximum Gasteiger partial charge on any atom is 0.265 e. The highest BCUT2D eigenvalue weighted by Crippen LogP contribution is 2.28. The SMILES string of the molecule is CC1COCCN1C(=O)C1CNc2ccccc2O1. The highest BCUT2D eigenvalue weighted by atomic mass is 16.5. The van der Waals surface area contributed by atoms with Crippen LogP contribution < -0.4 is 10.1 Å². The van der Waals surface area contributed by atoms with Crippen molar-refractivity contribution in [1.82, 2.24) is 4.90 Å². The maximum atomic E-state index is 12.5. The van der Waals surface area contributed by atoms with E-state index in [1.54, 1.807) is 0 Å². The van der Waals surface area contributed by atoms with E-state index in [1.807, 2.05) is 36.1 Å². The molecule has 5 heteroatoms. The van der Waals surface area contributed by atoms with E-state index in [0.29, 0.717) is 26.3 Å². The van der Waals surface area contributed by atoms with Crippen LogP contribution in [0.1, 0.15) is 6.92 Å². The van der Waals surface area contributed by atoms with Gasteiger partial charge >= 0.3 is 0 Å². The quantitative estimate of drug-likeness (QED) is 0.823. The molecule has 3 rings (SSSR count). The first-order chi connectivity index (χ1) is 9.25. The van der Waals surface area contributed by atoms with Gasteiger partial charge in [-0.15, -0.1) is 0 Å². The van der Waals surface area contributed by atoms with Crippen molar-refractivity contribution in [3.63, 3.8) is 0 Å². The Hall–Kier alpha value is -1.75. The van der Waals surface area contributed by atoms with Crippen LogP contribution in [0.25, 0.3) is 0 Å². The van der Waals surface area contributed by atoms with Crippen LogP contribution in [-0.2, 0) is 9.53 Å². The normalized spacial score (nSPS) is 26.1. The van der Waals surface area contributed by atoms with Gasteiger partial charge in [-0.25, -0.2) is 0 Å². The van der Waals surface area contributed by atoms with Crippen molar-refractivity contribution < 1.29 is 14.3 Å². The Balaban J connectivity index is 1.72. The van der Waals surface area contributed by atoms with Gasteiger partial charge in [-0.05, 0) is 19.1 Å². The summed E-state index contributed by atoms with van der Waals surface area (Å²) < 4.78 is 11.2. The van der Waals surface area contributed by atoms with E-state index in [-0.39, 0.29) is 11.9 Å². The summed E-state index contributed by atoms with van der Waals surface area (Å²) in [7, 11) is 0. The summed E-state index contributed by atoms with van der Waals surface area (Å²) in [5.74, 6) is 0.783. The van der Waals surface area contributed by atoms with Crippen LogP contribution in [0.5, 0.6) is 5.75 Å². The van der Waals surface area contributed by atoms with Gasteiger partial charge in [0.25, 0.3) is 5.91 Å². The van der Waals surface area contributed by atoms with Gasteiger partial charge in [0.2, 0.25) is 0 Å². The molecule has 0 aliphatic carbocycles. The number of hydrogen-bond acceptors (Lipinski definition) is 4. The lowest BCUT2D eigenvalue weighted by atomic mass is 10.1. The topological polar surface area (TPSA) is 50.8 Å². The van der Waals surface area contributed by atoms with Gasteiger partial charge in [0.05, 0.1) is 31.5 Å². The van der Waals surface area contributed by atoms with Crippen molar-refractivity contribution >= 4 is 11.6 Å². The smallest absolute Gasteiger partial charge is 0.265 e. The summed E-state index contributed by atoms with van der Waals surface area (Å²) in [6.07, 6.45) is -0.449. The molecule has 1 fully saturated rings. The van der Waals surface area contributed by atoms with E-state index in [0.717, 1.165) is 11.4 Å². The van der Waals surface area contributed by atoms with Crippen LogP contribution in [0, 0.1) is 0 Å². The number of carbonyl (C=O) groups is 1. The third-order valence-electron chi connectivity index (χ3n) is 3.56. The molecule has 0 bridgehead atoms. The molecular formula is C14H18N2O3. The second kappa shape index (κ2) is 5.09. The molecule has 1 aromatic carbocycles. The second-order valence-electron chi connectivity index (χ2n) is 4.94. The number of carbonyl (C=O) groups excluding carboxylic acids is 1. The van der Waals surface area contributed by atoms with Crippen molar-refractivity contribution in [3.8, 4) is 5.75 Å². The molecule has 102 valence electrons. The molecule has 1 aromatic rings. The molecule has 0 radical (unpaired) electrons. The number of amides is 1. The molecular weight excluding hydrogens is 244 g/mol. The zero-order valence-corrected chi connectivity index (χ0v) is 11.0. The first kappa shape index (κ1) is 12.3. The number of morpholine rings is 1. The van der Waals surface area contributed by atoms with Crippen molar-refractivity contribution in [2.75, 3.05) is 31.6 Å². The highest BCUT2D eigenvalue weighted by Gasteiger charge is 2.33. The first-order valence-electron chi connectivity index (χ1n) is 6.63. The van der Waals surface area contributed by atoms with Gasteiger partial charge in [0.15, 0.2) is 6.10 Å². The molecule has 0 aromatic heterocycles. The van der Waals surface area contributed by atoms with Crippen molar-refractivity contribution in [3.05, 3.63) is 24.3 Å². The molecule has 2 atom stereocenters. The van der Waals surface area contributed by atoms with E-state index in [9.17, 15) is 4.79 Å². The lowest BCUT2D eigenvalue weighted by molar-refractivity contribution is -0.146. The van der Waals surface area contributed by atoms with Crippen LogP contribution >= 0.6 is 0 Å². The second-order valence-corrected chi connectivity index (χ2v) is 4.94.